The maximum absolute atomic E-state index is 10.8. The number of rotatable bonds is 2. The van der Waals surface area contributed by atoms with Gasteiger partial charge in [-0.3, -0.25) is 4.79 Å². The molecule has 0 aliphatic heterocycles. The van der Waals surface area contributed by atoms with Crippen LogP contribution in [-0.4, -0.2) is 20.6 Å². The van der Waals surface area contributed by atoms with Gasteiger partial charge in [0.15, 0.2) is 0 Å². The lowest BCUT2D eigenvalue weighted by atomic mass is 9.79. The van der Waals surface area contributed by atoms with Gasteiger partial charge >= 0.3 is 5.97 Å². The molecule has 1 heterocycles. The lowest BCUT2D eigenvalue weighted by Gasteiger charge is -2.35. The molecule has 1 aromatic heterocycles. The molecule has 1 fully saturated rings. The van der Waals surface area contributed by atoms with Crippen molar-refractivity contribution in [2.24, 2.45) is 5.92 Å². The predicted octanol–water partition coefficient (Wildman–Crippen LogP) is 1.54. The predicted molar refractivity (Wildman–Crippen MR) is 51.1 cm³/mol. The Morgan fingerprint density at radius 1 is 1.57 bits per heavy atom. The van der Waals surface area contributed by atoms with Crippen LogP contribution >= 0.6 is 0 Å². The molecule has 1 saturated carbocycles. The Morgan fingerprint density at radius 2 is 2.29 bits per heavy atom. The van der Waals surface area contributed by atoms with Crippen LogP contribution in [0.1, 0.15) is 30.3 Å². The van der Waals surface area contributed by atoms with Crippen LogP contribution in [-0.2, 0) is 4.79 Å². The summed E-state index contributed by atoms with van der Waals surface area (Å²) in [5, 5.41) is 8.93. The molecule has 14 heavy (non-hydrogen) atoms. The van der Waals surface area contributed by atoms with Crippen LogP contribution < -0.4 is 0 Å². The zero-order valence-corrected chi connectivity index (χ0v) is 8.40. The molecule has 0 saturated heterocycles. The first kappa shape index (κ1) is 9.24. The van der Waals surface area contributed by atoms with Crippen molar-refractivity contribution < 1.29 is 9.90 Å². The van der Waals surface area contributed by atoms with Crippen molar-refractivity contribution in [1.82, 2.24) is 9.55 Å². The van der Waals surface area contributed by atoms with Crippen molar-refractivity contribution in [3.8, 4) is 0 Å². The van der Waals surface area contributed by atoms with Crippen LogP contribution in [0.25, 0.3) is 0 Å². The number of hydrogen-bond acceptors (Lipinski definition) is 2. The molecule has 0 spiro atoms. The van der Waals surface area contributed by atoms with E-state index in [1.807, 2.05) is 18.4 Å². The molecule has 1 N–H and O–H groups in total. The molecule has 0 bridgehead atoms. The van der Waals surface area contributed by atoms with E-state index in [1.165, 1.54) is 0 Å². The van der Waals surface area contributed by atoms with E-state index in [1.54, 1.807) is 6.33 Å². The van der Waals surface area contributed by atoms with Gasteiger partial charge in [0.25, 0.3) is 0 Å². The van der Waals surface area contributed by atoms with Gasteiger partial charge in [-0.15, -0.1) is 0 Å². The molecule has 2 rings (SSSR count). The summed E-state index contributed by atoms with van der Waals surface area (Å²) in [7, 11) is 0. The molecule has 1 aliphatic carbocycles. The highest BCUT2D eigenvalue weighted by atomic mass is 16.4. The van der Waals surface area contributed by atoms with Crippen molar-refractivity contribution in [1.29, 1.82) is 0 Å². The van der Waals surface area contributed by atoms with E-state index < -0.39 is 5.97 Å². The fraction of sp³-hybridized carbons (Fsp3) is 0.600. The van der Waals surface area contributed by atoms with E-state index in [-0.39, 0.29) is 12.0 Å². The average Bonchev–Trinajstić information content (AvgIpc) is 2.33. The fourth-order valence-electron chi connectivity index (χ4n) is 1.95. The van der Waals surface area contributed by atoms with Gasteiger partial charge in [0.2, 0.25) is 0 Å². The maximum Gasteiger partial charge on any atom is 0.308 e. The maximum atomic E-state index is 10.8. The average molecular weight is 194 g/mol. The summed E-state index contributed by atoms with van der Waals surface area (Å²) in [6, 6.07) is 0.119. The van der Waals surface area contributed by atoms with Crippen molar-refractivity contribution in [3.63, 3.8) is 0 Å². The van der Waals surface area contributed by atoms with E-state index in [2.05, 4.69) is 4.98 Å². The van der Waals surface area contributed by atoms with Crippen molar-refractivity contribution in [3.05, 3.63) is 17.7 Å². The normalized spacial score (nSPS) is 25.9. The first-order valence-electron chi connectivity index (χ1n) is 4.84. The fourth-order valence-corrected chi connectivity index (χ4v) is 1.95. The number of carbonyl (C=O) groups is 1. The quantitative estimate of drug-likeness (QED) is 0.776. The van der Waals surface area contributed by atoms with E-state index in [4.69, 9.17) is 5.11 Å². The summed E-state index contributed by atoms with van der Waals surface area (Å²) in [5.41, 5.74) is 2.07. The van der Waals surface area contributed by atoms with Gasteiger partial charge < -0.3 is 9.67 Å². The highest BCUT2D eigenvalue weighted by Gasteiger charge is 2.38. The molecule has 1 aromatic rings. The van der Waals surface area contributed by atoms with Crippen molar-refractivity contribution >= 4 is 5.97 Å². The minimum atomic E-state index is -0.688. The Morgan fingerprint density at radius 3 is 2.64 bits per heavy atom. The highest BCUT2D eigenvalue weighted by Crippen LogP contribution is 2.39. The number of aliphatic carboxylic acids is 1. The third kappa shape index (κ3) is 1.22. The van der Waals surface area contributed by atoms with E-state index in [0.717, 1.165) is 24.2 Å². The van der Waals surface area contributed by atoms with Crippen LogP contribution in [0.4, 0.5) is 0 Å². The number of imidazole rings is 1. The number of carboxylic acids is 1. The third-order valence-corrected chi connectivity index (χ3v) is 3.20. The minimum Gasteiger partial charge on any atom is -0.481 e. The van der Waals surface area contributed by atoms with Gasteiger partial charge in [-0.05, 0) is 26.7 Å². The van der Waals surface area contributed by atoms with Crippen LogP contribution in [0.3, 0.4) is 0 Å². The van der Waals surface area contributed by atoms with Crippen molar-refractivity contribution in [2.75, 3.05) is 0 Å². The van der Waals surface area contributed by atoms with E-state index >= 15 is 0 Å². The van der Waals surface area contributed by atoms with Crippen LogP contribution in [0, 0.1) is 19.8 Å². The standard InChI is InChI=1S/C10H14N2O2/c1-6-7(2)12(5-11-6)9-4-3-8(9)10(13)14/h5,8-9H,3-4H2,1-2H3,(H,13,14). The summed E-state index contributed by atoms with van der Waals surface area (Å²) in [6.45, 7) is 3.93. The summed E-state index contributed by atoms with van der Waals surface area (Å²) in [5.74, 6) is -0.908. The zero-order valence-electron chi connectivity index (χ0n) is 8.40. The number of carboxylic acid groups (broad SMARTS) is 1. The summed E-state index contributed by atoms with van der Waals surface area (Å²) < 4.78 is 2.00. The summed E-state index contributed by atoms with van der Waals surface area (Å²) >= 11 is 0. The topological polar surface area (TPSA) is 55.1 Å². The Labute approximate surface area is 82.6 Å². The number of hydrogen-bond donors (Lipinski definition) is 1. The lowest BCUT2D eigenvalue weighted by molar-refractivity contribution is -0.147. The first-order chi connectivity index (χ1) is 6.61. The molecule has 4 nitrogen and oxygen atoms in total. The molecular formula is C10H14N2O2. The second-order valence-electron chi connectivity index (χ2n) is 3.91. The number of nitrogens with zero attached hydrogens (tertiary/aromatic N) is 2. The molecule has 0 amide bonds. The lowest BCUT2D eigenvalue weighted by Crippen LogP contribution is -2.35. The van der Waals surface area contributed by atoms with Crippen LogP contribution in [0.15, 0.2) is 6.33 Å². The molecule has 2 unspecified atom stereocenters. The monoisotopic (exact) mass is 194 g/mol. The number of aromatic nitrogens is 2. The molecule has 4 heteroatoms. The largest absolute Gasteiger partial charge is 0.481 e. The summed E-state index contributed by atoms with van der Waals surface area (Å²) in [6.07, 6.45) is 3.49. The Bertz CT molecular complexity index is 370. The van der Waals surface area contributed by atoms with Gasteiger partial charge in [-0.25, -0.2) is 4.98 Å². The van der Waals surface area contributed by atoms with Gasteiger partial charge in [0.1, 0.15) is 0 Å². The summed E-state index contributed by atoms with van der Waals surface area (Å²) in [4.78, 5) is 15.0. The highest BCUT2D eigenvalue weighted by molar-refractivity contribution is 5.71. The molecule has 76 valence electrons. The molecule has 1 aliphatic rings. The van der Waals surface area contributed by atoms with Gasteiger partial charge in [-0.1, -0.05) is 0 Å². The first-order valence-corrected chi connectivity index (χ1v) is 4.84. The number of aryl methyl sites for hydroxylation is 1. The van der Waals surface area contributed by atoms with Gasteiger partial charge in [-0.2, -0.15) is 0 Å². The Kier molecular flexibility index (Phi) is 2.06. The van der Waals surface area contributed by atoms with Crippen molar-refractivity contribution in [2.45, 2.75) is 32.7 Å². The molecular weight excluding hydrogens is 180 g/mol. The van der Waals surface area contributed by atoms with E-state index in [9.17, 15) is 4.79 Å². The molecule has 2 atom stereocenters. The SMILES string of the molecule is Cc1ncn(C2CCC2C(=O)O)c1C. The van der Waals surface area contributed by atoms with E-state index in [0.29, 0.717) is 0 Å². The second kappa shape index (κ2) is 3.12. The van der Waals surface area contributed by atoms with Gasteiger partial charge in [0.05, 0.1) is 17.9 Å². The third-order valence-electron chi connectivity index (χ3n) is 3.20. The van der Waals surface area contributed by atoms with Crippen LogP contribution in [0.2, 0.25) is 0 Å². The van der Waals surface area contributed by atoms with Crippen LogP contribution in [0.5, 0.6) is 0 Å². The Hall–Kier alpha value is -1.32. The zero-order chi connectivity index (χ0) is 10.3. The second-order valence-corrected chi connectivity index (χ2v) is 3.91. The smallest absolute Gasteiger partial charge is 0.308 e. The van der Waals surface area contributed by atoms with Gasteiger partial charge in [0, 0.05) is 11.7 Å². The Balaban J connectivity index is 2.24. The molecule has 0 aromatic carbocycles. The molecule has 0 radical (unpaired) electrons. The minimum absolute atomic E-state index is 0.119.